The topological polar surface area (TPSA) is 46.3 Å². The summed E-state index contributed by atoms with van der Waals surface area (Å²) in [5, 5.41) is 0. The standard InChI is InChI=1S/C16H23BrN2O/c1-16(2,18)9-8-15(20)19-10-4-7-14(19)12-5-3-6-13(17)11-12/h3,5-6,11,14H,4,7-10,18H2,1-2H3. The number of carbonyl (C=O) groups excluding carboxylic acids is 1. The van der Waals surface area contributed by atoms with Gasteiger partial charge in [-0.2, -0.15) is 0 Å². The summed E-state index contributed by atoms with van der Waals surface area (Å²) in [6.45, 7) is 4.80. The zero-order valence-electron chi connectivity index (χ0n) is 12.2. The van der Waals surface area contributed by atoms with Crippen LogP contribution < -0.4 is 5.73 Å². The van der Waals surface area contributed by atoms with Gasteiger partial charge in [-0.15, -0.1) is 0 Å². The van der Waals surface area contributed by atoms with Crippen LogP contribution in [-0.4, -0.2) is 22.9 Å². The predicted molar refractivity (Wildman–Crippen MR) is 85.3 cm³/mol. The quantitative estimate of drug-likeness (QED) is 0.911. The number of carbonyl (C=O) groups is 1. The molecule has 0 radical (unpaired) electrons. The van der Waals surface area contributed by atoms with Crippen LogP contribution in [0, 0.1) is 0 Å². The molecule has 0 bridgehead atoms. The SMILES string of the molecule is CC(C)(N)CCC(=O)N1CCCC1c1cccc(Br)c1. The predicted octanol–water partition coefficient (Wildman–Crippen LogP) is 3.63. The molecule has 1 aliphatic rings. The molecule has 1 atom stereocenters. The maximum absolute atomic E-state index is 12.4. The van der Waals surface area contributed by atoms with Crippen molar-refractivity contribution < 1.29 is 4.79 Å². The van der Waals surface area contributed by atoms with E-state index in [9.17, 15) is 4.79 Å². The van der Waals surface area contributed by atoms with Crippen molar-refractivity contribution in [3.8, 4) is 0 Å². The summed E-state index contributed by atoms with van der Waals surface area (Å²) in [4.78, 5) is 14.4. The number of nitrogens with two attached hydrogens (primary N) is 1. The molecule has 3 nitrogen and oxygen atoms in total. The highest BCUT2D eigenvalue weighted by atomic mass is 79.9. The van der Waals surface area contributed by atoms with Gasteiger partial charge in [0.1, 0.15) is 0 Å². The van der Waals surface area contributed by atoms with E-state index in [1.54, 1.807) is 0 Å². The minimum absolute atomic E-state index is 0.223. The molecule has 2 N–H and O–H groups in total. The number of hydrogen-bond donors (Lipinski definition) is 1. The zero-order valence-corrected chi connectivity index (χ0v) is 13.8. The van der Waals surface area contributed by atoms with E-state index < -0.39 is 0 Å². The summed E-state index contributed by atoms with van der Waals surface area (Å²) in [6, 6.07) is 8.49. The van der Waals surface area contributed by atoms with Crippen LogP contribution in [0.5, 0.6) is 0 Å². The highest BCUT2D eigenvalue weighted by molar-refractivity contribution is 9.10. The smallest absolute Gasteiger partial charge is 0.223 e. The number of amides is 1. The Balaban J connectivity index is 2.05. The zero-order chi connectivity index (χ0) is 14.8. The second-order valence-electron chi connectivity index (χ2n) is 6.29. The van der Waals surface area contributed by atoms with Crippen molar-refractivity contribution in [2.75, 3.05) is 6.54 Å². The Bertz CT molecular complexity index is 482. The first-order valence-electron chi connectivity index (χ1n) is 7.21. The summed E-state index contributed by atoms with van der Waals surface area (Å²) < 4.78 is 1.07. The van der Waals surface area contributed by atoms with Gasteiger partial charge in [0.05, 0.1) is 6.04 Å². The highest BCUT2D eigenvalue weighted by Gasteiger charge is 2.30. The number of likely N-dealkylation sites (tertiary alicyclic amines) is 1. The number of halogens is 1. The van der Waals surface area contributed by atoms with Crippen LogP contribution in [0.15, 0.2) is 28.7 Å². The van der Waals surface area contributed by atoms with Crippen molar-refractivity contribution >= 4 is 21.8 Å². The van der Waals surface area contributed by atoms with Gasteiger partial charge in [-0.3, -0.25) is 4.79 Å². The Kier molecular flexibility index (Phi) is 4.86. The van der Waals surface area contributed by atoms with Gasteiger partial charge in [0.25, 0.3) is 0 Å². The molecule has 20 heavy (non-hydrogen) atoms. The van der Waals surface area contributed by atoms with E-state index in [0.717, 1.165) is 30.3 Å². The molecule has 0 aromatic heterocycles. The second-order valence-corrected chi connectivity index (χ2v) is 7.20. The molecule has 1 aromatic rings. The lowest BCUT2D eigenvalue weighted by molar-refractivity contribution is -0.132. The van der Waals surface area contributed by atoms with E-state index in [-0.39, 0.29) is 17.5 Å². The summed E-state index contributed by atoms with van der Waals surface area (Å²) >= 11 is 3.50. The lowest BCUT2D eigenvalue weighted by atomic mass is 9.99. The summed E-state index contributed by atoms with van der Waals surface area (Å²) in [5.41, 5.74) is 6.91. The third-order valence-electron chi connectivity index (χ3n) is 3.79. The molecule has 0 saturated carbocycles. The number of benzene rings is 1. The molecule has 0 spiro atoms. The van der Waals surface area contributed by atoms with Crippen LogP contribution in [0.2, 0.25) is 0 Å². The fourth-order valence-electron chi connectivity index (χ4n) is 2.70. The van der Waals surface area contributed by atoms with Gasteiger partial charge in [0, 0.05) is 23.0 Å². The fraction of sp³-hybridized carbons (Fsp3) is 0.562. The van der Waals surface area contributed by atoms with Crippen molar-refractivity contribution in [3.05, 3.63) is 34.3 Å². The Hall–Kier alpha value is -0.870. The molecule has 1 amide bonds. The van der Waals surface area contributed by atoms with E-state index in [4.69, 9.17) is 5.73 Å². The Morgan fingerprint density at radius 1 is 1.50 bits per heavy atom. The number of nitrogens with zero attached hydrogens (tertiary/aromatic N) is 1. The van der Waals surface area contributed by atoms with Gasteiger partial charge >= 0.3 is 0 Å². The Labute approximate surface area is 129 Å². The molecule has 110 valence electrons. The van der Waals surface area contributed by atoms with Crippen molar-refractivity contribution in [1.29, 1.82) is 0 Å². The molecular weight excluding hydrogens is 316 g/mol. The molecule has 2 rings (SSSR count). The average Bonchev–Trinajstić information content (AvgIpc) is 2.84. The summed E-state index contributed by atoms with van der Waals surface area (Å²) in [5.74, 6) is 0.228. The normalized spacial score (nSPS) is 19.4. The van der Waals surface area contributed by atoms with E-state index in [1.807, 2.05) is 30.9 Å². The molecule has 1 fully saturated rings. The third-order valence-corrected chi connectivity index (χ3v) is 4.28. The van der Waals surface area contributed by atoms with Gasteiger partial charge in [-0.05, 0) is 50.8 Å². The molecule has 1 unspecified atom stereocenters. The Morgan fingerprint density at radius 2 is 2.25 bits per heavy atom. The van der Waals surface area contributed by atoms with Crippen LogP contribution in [0.25, 0.3) is 0 Å². The number of hydrogen-bond acceptors (Lipinski definition) is 2. The lowest BCUT2D eigenvalue weighted by Crippen LogP contribution is -2.36. The van der Waals surface area contributed by atoms with Gasteiger partial charge in [-0.1, -0.05) is 28.1 Å². The minimum Gasteiger partial charge on any atom is -0.336 e. The molecule has 1 saturated heterocycles. The van der Waals surface area contributed by atoms with Crippen molar-refractivity contribution in [3.63, 3.8) is 0 Å². The third kappa shape index (κ3) is 4.06. The van der Waals surface area contributed by atoms with E-state index in [1.165, 1.54) is 5.56 Å². The van der Waals surface area contributed by atoms with Crippen molar-refractivity contribution in [1.82, 2.24) is 4.90 Å². The van der Waals surface area contributed by atoms with E-state index in [2.05, 4.69) is 28.1 Å². The van der Waals surface area contributed by atoms with Gasteiger partial charge < -0.3 is 10.6 Å². The molecule has 1 aliphatic heterocycles. The van der Waals surface area contributed by atoms with Gasteiger partial charge in [-0.25, -0.2) is 0 Å². The molecule has 4 heteroatoms. The molecule has 1 heterocycles. The van der Waals surface area contributed by atoms with E-state index in [0.29, 0.717) is 6.42 Å². The summed E-state index contributed by atoms with van der Waals surface area (Å²) in [7, 11) is 0. The maximum Gasteiger partial charge on any atom is 0.223 e. The fourth-order valence-corrected chi connectivity index (χ4v) is 3.12. The van der Waals surface area contributed by atoms with Gasteiger partial charge in [0.2, 0.25) is 5.91 Å². The molecule has 0 aliphatic carbocycles. The Morgan fingerprint density at radius 3 is 2.90 bits per heavy atom. The number of rotatable bonds is 4. The van der Waals surface area contributed by atoms with Crippen molar-refractivity contribution in [2.45, 2.75) is 51.1 Å². The monoisotopic (exact) mass is 338 g/mol. The second kappa shape index (κ2) is 6.27. The maximum atomic E-state index is 12.4. The van der Waals surface area contributed by atoms with Crippen LogP contribution in [0.3, 0.4) is 0 Å². The van der Waals surface area contributed by atoms with E-state index >= 15 is 0 Å². The molecule has 1 aromatic carbocycles. The van der Waals surface area contributed by atoms with Crippen LogP contribution in [0.4, 0.5) is 0 Å². The van der Waals surface area contributed by atoms with Gasteiger partial charge in [0.15, 0.2) is 0 Å². The average molecular weight is 339 g/mol. The molecular formula is C16H23BrN2O. The van der Waals surface area contributed by atoms with Crippen LogP contribution in [0.1, 0.15) is 51.1 Å². The summed E-state index contributed by atoms with van der Waals surface area (Å²) in [6.07, 6.45) is 3.39. The lowest BCUT2D eigenvalue weighted by Gasteiger charge is -2.27. The van der Waals surface area contributed by atoms with Crippen molar-refractivity contribution in [2.24, 2.45) is 5.73 Å². The minimum atomic E-state index is -0.277. The first-order chi connectivity index (χ1) is 9.37. The first-order valence-corrected chi connectivity index (χ1v) is 8.00. The largest absolute Gasteiger partial charge is 0.336 e. The highest BCUT2D eigenvalue weighted by Crippen LogP contribution is 2.33. The van der Waals surface area contributed by atoms with Crippen LogP contribution >= 0.6 is 15.9 Å². The first kappa shape index (κ1) is 15.5. The van der Waals surface area contributed by atoms with Crippen LogP contribution in [-0.2, 0) is 4.79 Å².